The van der Waals surface area contributed by atoms with Crippen molar-refractivity contribution in [3.8, 4) is 56.4 Å². The molecular weight excluding hydrogens is 1360 g/mol. The van der Waals surface area contributed by atoms with Crippen LogP contribution in [0.3, 0.4) is 0 Å². The number of benzene rings is 6. The number of fused-ring (bicyclic) bond motifs is 3. The number of nitrogens with one attached hydrogen (secondary N) is 1. The predicted molar refractivity (Wildman–Crippen MR) is 368 cm³/mol. The number of ketones is 2. The minimum atomic E-state index is -4.94. The number of halogens is 6. The van der Waals surface area contributed by atoms with E-state index in [-0.39, 0.29) is 80.5 Å². The van der Waals surface area contributed by atoms with Crippen LogP contribution in [0.15, 0.2) is 183 Å². The molecule has 3 aliphatic rings. The first-order chi connectivity index (χ1) is 49.9. The number of carbonyl (C=O) groups is 7. The number of amides is 4. The van der Waals surface area contributed by atoms with Crippen LogP contribution in [0.25, 0.3) is 33.4 Å². The fraction of sp³-hybridized carbons (Fsp3) is 0.276. The molecule has 3 aromatic heterocycles. The maximum absolute atomic E-state index is 13.2. The topological polar surface area (TPSA) is 276 Å². The Labute approximate surface area is 594 Å². The van der Waals surface area contributed by atoms with E-state index in [1.807, 2.05) is 62.4 Å². The molecule has 0 unspecified atom stereocenters. The molecule has 0 atom stereocenters. The Hall–Kier alpha value is -12.0. The van der Waals surface area contributed by atoms with Crippen molar-refractivity contribution >= 4 is 41.2 Å². The molecule has 22 nitrogen and oxygen atoms in total. The number of Topliss-reactive ketones (excluding diaryl/α,β-unsaturated/α-hetero) is 2. The molecule has 2 N–H and O–H groups in total. The summed E-state index contributed by atoms with van der Waals surface area (Å²) >= 11 is 0. The predicted octanol–water partition coefficient (Wildman–Crippen LogP) is 11.6. The molecule has 104 heavy (non-hydrogen) atoms. The Morgan fingerprint density at radius 2 is 0.788 bits per heavy atom. The summed E-state index contributed by atoms with van der Waals surface area (Å²) in [4.78, 5) is 113. The van der Waals surface area contributed by atoms with E-state index >= 15 is 0 Å². The number of aromatic nitrogens is 6. The van der Waals surface area contributed by atoms with Gasteiger partial charge in [-0.2, -0.15) is 13.2 Å². The molecule has 6 heterocycles. The van der Waals surface area contributed by atoms with Gasteiger partial charge >= 0.3 is 24.4 Å². The molecule has 0 aliphatic carbocycles. The molecule has 3 aliphatic heterocycles. The van der Waals surface area contributed by atoms with Crippen LogP contribution >= 0.6 is 0 Å². The fourth-order valence-corrected chi connectivity index (χ4v) is 10.9. The minimum absolute atomic E-state index is 0.00430. The third-order valence-electron chi connectivity index (χ3n) is 16.1. The summed E-state index contributed by atoms with van der Waals surface area (Å²) < 4.78 is 95.1. The van der Waals surface area contributed by atoms with Crippen LogP contribution in [0.2, 0.25) is 0 Å². The highest BCUT2D eigenvalue weighted by Crippen LogP contribution is 2.34. The second-order valence-corrected chi connectivity index (χ2v) is 23.8. The van der Waals surface area contributed by atoms with E-state index in [2.05, 4.69) is 58.9 Å². The number of ether oxygens (including phenoxy) is 4. The lowest BCUT2D eigenvalue weighted by atomic mass is 10.0. The van der Waals surface area contributed by atoms with Crippen LogP contribution in [0.4, 0.5) is 26.3 Å². The van der Waals surface area contributed by atoms with Gasteiger partial charge in [0, 0.05) is 76.2 Å². The van der Waals surface area contributed by atoms with Gasteiger partial charge in [0.2, 0.25) is 0 Å². The van der Waals surface area contributed by atoms with Gasteiger partial charge in [0.15, 0.2) is 0 Å². The lowest BCUT2D eigenvalue weighted by Crippen LogP contribution is -2.43. The summed E-state index contributed by atoms with van der Waals surface area (Å²) in [6, 6.07) is 42.7. The summed E-state index contributed by atoms with van der Waals surface area (Å²) in [5.74, 6) is -0.982. The number of aryl methyl sites for hydroxylation is 2. The van der Waals surface area contributed by atoms with Crippen molar-refractivity contribution in [2.45, 2.75) is 71.3 Å². The van der Waals surface area contributed by atoms with Gasteiger partial charge in [-0.3, -0.25) is 33.6 Å². The summed E-state index contributed by atoms with van der Waals surface area (Å²) in [6.07, 6.45) is 1.80. The van der Waals surface area contributed by atoms with Crippen LogP contribution in [0.1, 0.15) is 85.4 Å². The average Bonchev–Trinajstić information content (AvgIpc) is 1.41. The Balaban J connectivity index is 0.000000170. The van der Waals surface area contributed by atoms with E-state index in [1.165, 1.54) is 47.1 Å². The van der Waals surface area contributed by atoms with E-state index in [0.29, 0.717) is 128 Å². The van der Waals surface area contributed by atoms with E-state index in [1.54, 1.807) is 88.4 Å². The van der Waals surface area contributed by atoms with Crippen molar-refractivity contribution in [1.82, 2.24) is 49.9 Å². The highest BCUT2D eigenvalue weighted by molar-refractivity contribution is 6.00. The quantitative estimate of drug-likeness (QED) is 0.0632. The molecule has 6 aromatic carbocycles. The molecule has 0 saturated carbocycles. The highest BCUT2D eigenvalue weighted by Gasteiger charge is 2.38. The van der Waals surface area contributed by atoms with Crippen molar-refractivity contribution < 1.29 is 84.0 Å². The molecule has 540 valence electrons. The standard InChI is InChI=1S/C25H22F3N3O4.C25H25N3O3.C20H19F3N2O3.C6H6N2O2/c26-25(27,28)35-20-7-4-17(5-8-20)18-6-9-22-21(15-18)24(33)31(13-14-34-22)12-1-3-19(32)16-23-29-10-2-11-30-23;1-18-5-7-19(8-6-18)20-9-10-23-22(16-20)25(30)28(14-15-31-23)13-2-4-21(29)17-24-26-11-3-12-27-24;1-13-2-4-14(5-3-13)15-6-7-17-16(12-15)18(26)25(10-11-28-17)9-8-24-19(27)20(21,22)23;9-6(10)4-5-7-2-1-3-8-5/h2,4-11,15H,1,3,12-14,16H2;3,5-12,16H,2,4,13-15,17H2,1H3;2-7,12H,8-11H2,1H3,(H,24,27);1-3H,4H2,(H,9,10). The number of hydrogen-bond acceptors (Lipinski definition) is 17. The van der Waals surface area contributed by atoms with Crippen molar-refractivity contribution in [2.24, 2.45) is 0 Å². The molecule has 0 spiro atoms. The number of carboxylic acids is 1. The van der Waals surface area contributed by atoms with Crippen LogP contribution < -0.4 is 24.3 Å². The van der Waals surface area contributed by atoms with Crippen LogP contribution in [-0.4, -0.2) is 169 Å². The van der Waals surface area contributed by atoms with Crippen LogP contribution in [0.5, 0.6) is 23.0 Å². The van der Waals surface area contributed by atoms with E-state index < -0.39 is 24.4 Å². The summed E-state index contributed by atoms with van der Waals surface area (Å²) in [6.45, 7) is 6.66. The van der Waals surface area contributed by atoms with Gasteiger partial charge in [-0.15, -0.1) is 13.2 Å². The highest BCUT2D eigenvalue weighted by atomic mass is 19.4. The zero-order chi connectivity index (χ0) is 74.2. The first kappa shape index (κ1) is 76.2. The number of carboxylic acid groups (broad SMARTS) is 1. The summed E-state index contributed by atoms with van der Waals surface area (Å²) in [5.41, 5.74) is 8.68. The Morgan fingerprint density at radius 1 is 0.462 bits per heavy atom. The first-order valence-corrected chi connectivity index (χ1v) is 33.0. The van der Waals surface area contributed by atoms with Gasteiger partial charge in [0.05, 0.1) is 49.2 Å². The third-order valence-corrected chi connectivity index (χ3v) is 16.1. The van der Waals surface area contributed by atoms with Crippen molar-refractivity contribution in [3.05, 3.63) is 228 Å². The number of rotatable bonds is 21. The molecule has 9 aromatic rings. The Bertz CT molecular complexity index is 4410. The molecule has 28 heteroatoms. The second-order valence-electron chi connectivity index (χ2n) is 23.8. The SMILES string of the molecule is Cc1ccc(-c2ccc3c(c2)C(=O)N(CCCC(=O)Cc2ncccn2)CCO3)cc1.Cc1ccc(-c2ccc3c(c2)C(=O)N(CCNC(=O)C(F)(F)F)CCO3)cc1.O=C(CCCN1CCOc2ccc(-c3ccc(OC(F)(F)F)cc3)cc2C1=O)Cc1ncccn1.O=C(O)Cc1ncccn1. The van der Waals surface area contributed by atoms with E-state index in [0.717, 1.165) is 27.8 Å². The monoisotopic (exact) mass is 1430 g/mol. The van der Waals surface area contributed by atoms with Crippen LogP contribution in [0, 0.1) is 13.8 Å². The van der Waals surface area contributed by atoms with Gasteiger partial charge in [0.25, 0.3) is 17.7 Å². The van der Waals surface area contributed by atoms with Crippen LogP contribution in [-0.2, 0) is 38.4 Å². The van der Waals surface area contributed by atoms with Crippen molar-refractivity contribution in [3.63, 3.8) is 0 Å². The molecule has 4 amide bonds. The van der Waals surface area contributed by atoms with Gasteiger partial charge < -0.3 is 44.1 Å². The van der Waals surface area contributed by atoms with Gasteiger partial charge in [-0.1, -0.05) is 90.0 Å². The number of alkyl halides is 6. The van der Waals surface area contributed by atoms with E-state index in [4.69, 9.17) is 19.3 Å². The van der Waals surface area contributed by atoms with Crippen molar-refractivity contribution in [2.75, 3.05) is 65.6 Å². The molecule has 0 saturated heterocycles. The van der Waals surface area contributed by atoms with E-state index in [9.17, 15) is 59.9 Å². The Morgan fingerprint density at radius 3 is 1.12 bits per heavy atom. The molecular formula is C76H72F6N10O12. The minimum Gasteiger partial charge on any atom is -0.491 e. The maximum atomic E-state index is 13.2. The van der Waals surface area contributed by atoms with Gasteiger partial charge in [-0.25, -0.2) is 29.9 Å². The molecule has 12 rings (SSSR count). The van der Waals surface area contributed by atoms with Gasteiger partial charge in [0.1, 0.15) is 78.3 Å². The summed E-state index contributed by atoms with van der Waals surface area (Å²) in [7, 11) is 0. The zero-order valence-electron chi connectivity index (χ0n) is 56.6. The average molecular weight is 1430 g/mol. The third kappa shape index (κ3) is 23.0. The normalized spacial score (nSPS) is 13.2. The Kier molecular flexibility index (Phi) is 26.8. The zero-order valence-corrected chi connectivity index (χ0v) is 56.6. The first-order valence-electron chi connectivity index (χ1n) is 33.0. The largest absolute Gasteiger partial charge is 0.573 e. The maximum Gasteiger partial charge on any atom is 0.573 e. The fourth-order valence-electron chi connectivity index (χ4n) is 10.9. The van der Waals surface area contributed by atoms with Gasteiger partial charge in [-0.05, 0) is 127 Å². The molecule has 0 radical (unpaired) electrons. The lowest BCUT2D eigenvalue weighted by molar-refractivity contribution is -0.274. The number of aliphatic carboxylic acids is 1. The smallest absolute Gasteiger partial charge is 0.491 e. The summed E-state index contributed by atoms with van der Waals surface area (Å²) in [5, 5.41) is 10.1. The van der Waals surface area contributed by atoms with Crippen molar-refractivity contribution in [1.29, 1.82) is 0 Å². The second kappa shape index (κ2) is 36.6. The number of hydrogen-bond donors (Lipinski definition) is 2. The lowest BCUT2D eigenvalue weighted by Gasteiger charge is -2.20. The number of nitrogens with zero attached hydrogens (tertiary/aromatic N) is 9. The number of carbonyl (C=O) groups excluding carboxylic acids is 6. The molecule has 0 bridgehead atoms. The molecule has 0 fully saturated rings.